The smallest absolute Gasteiger partial charge is 0.316 e. The maximum atomic E-state index is 12.8. The van der Waals surface area contributed by atoms with Crippen molar-refractivity contribution >= 4 is 28.4 Å². The Bertz CT molecular complexity index is 746. The molecule has 1 atom stereocenters. The molecule has 3 rings (SSSR count). The Kier molecular flexibility index (Phi) is 5.54. The van der Waals surface area contributed by atoms with E-state index in [0.29, 0.717) is 19.6 Å². The molecule has 0 aromatic heterocycles. The Morgan fingerprint density at radius 1 is 1.24 bits per heavy atom. The third-order valence-electron chi connectivity index (χ3n) is 5.39. The predicted octanol–water partition coefficient (Wildman–Crippen LogP) is 1.67. The molecule has 0 bridgehead atoms. The van der Waals surface area contributed by atoms with Crippen LogP contribution < -0.4 is 5.73 Å². The van der Waals surface area contributed by atoms with E-state index in [9.17, 15) is 13.2 Å². The lowest BCUT2D eigenvalue weighted by molar-refractivity contribution is -0.143. The summed E-state index contributed by atoms with van der Waals surface area (Å²) in [6.07, 6.45) is 2.26. The Balaban J connectivity index is 0.00000225. The van der Waals surface area contributed by atoms with Crippen LogP contribution in [0.3, 0.4) is 0 Å². The second-order valence-electron chi connectivity index (χ2n) is 7.20. The number of nitrogens with two attached hydrogens (primary N) is 1. The van der Waals surface area contributed by atoms with Crippen LogP contribution in [0.4, 0.5) is 0 Å². The third kappa shape index (κ3) is 3.43. The van der Waals surface area contributed by atoms with Gasteiger partial charge in [-0.15, -0.1) is 12.4 Å². The van der Waals surface area contributed by atoms with Crippen molar-refractivity contribution in [2.24, 2.45) is 11.1 Å². The lowest BCUT2D eigenvalue weighted by atomic mass is 9.90. The average Bonchev–Trinajstić information content (AvgIpc) is 3.31. The Morgan fingerprint density at radius 3 is 2.28 bits per heavy atom. The number of hydrogen-bond donors (Lipinski definition) is 1. The summed E-state index contributed by atoms with van der Waals surface area (Å²) in [7, 11) is -2.15. The summed E-state index contributed by atoms with van der Waals surface area (Å²) >= 11 is 0. The number of methoxy groups -OCH3 is 1. The van der Waals surface area contributed by atoms with E-state index in [1.807, 2.05) is 6.92 Å². The van der Waals surface area contributed by atoms with Crippen molar-refractivity contribution in [2.75, 3.05) is 26.7 Å². The molecule has 25 heavy (non-hydrogen) atoms. The molecule has 1 saturated heterocycles. The van der Waals surface area contributed by atoms with E-state index in [1.165, 1.54) is 11.4 Å². The van der Waals surface area contributed by atoms with E-state index in [4.69, 9.17) is 10.5 Å². The number of esters is 1. The summed E-state index contributed by atoms with van der Waals surface area (Å²) in [6.45, 7) is 3.42. The molecule has 6 nitrogen and oxygen atoms in total. The molecule has 1 heterocycles. The molecule has 1 aliphatic heterocycles. The van der Waals surface area contributed by atoms with Crippen molar-refractivity contribution in [1.82, 2.24) is 4.31 Å². The summed E-state index contributed by atoms with van der Waals surface area (Å²) in [5.41, 5.74) is 5.85. The van der Waals surface area contributed by atoms with Crippen LogP contribution in [-0.4, -0.2) is 45.4 Å². The first-order valence-electron chi connectivity index (χ1n) is 8.17. The van der Waals surface area contributed by atoms with Gasteiger partial charge in [0.2, 0.25) is 10.0 Å². The Hall–Kier alpha value is -1.15. The minimum absolute atomic E-state index is 0. The van der Waals surface area contributed by atoms with Crippen molar-refractivity contribution in [3.63, 3.8) is 0 Å². The van der Waals surface area contributed by atoms with E-state index in [1.54, 1.807) is 24.3 Å². The fourth-order valence-corrected chi connectivity index (χ4v) is 4.97. The minimum Gasteiger partial charge on any atom is -0.468 e. The number of rotatable bonds is 5. The van der Waals surface area contributed by atoms with Gasteiger partial charge >= 0.3 is 5.97 Å². The molecule has 1 aromatic rings. The van der Waals surface area contributed by atoms with Gasteiger partial charge in [0.15, 0.2) is 0 Å². The first-order chi connectivity index (χ1) is 11.3. The van der Waals surface area contributed by atoms with Crippen molar-refractivity contribution in [3.05, 3.63) is 29.8 Å². The summed E-state index contributed by atoms with van der Waals surface area (Å²) in [5.74, 6) is -0.253. The van der Waals surface area contributed by atoms with Gasteiger partial charge in [-0.1, -0.05) is 19.1 Å². The molecule has 1 aliphatic carbocycles. The third-order valence-corrected chi connectivity index (χ3v) is 7.25. The maximum Gasteiger partial charge on any atom is 0.316 e. The topological polar surface area (TPSA) is 89.7 Å². The molecule has 0 radical (unpaired) electrons. The molecule has 140 valence electrons. The van der Waals surface area contributed by atoms with Gasteiger partial charge in [0.05, 0.1) is 17.4 Å². The van der Waals surface area contributed by atoms with Gasteiger partial charge < -0.3 is 10.5 Å². The highest BCUT2D eigenvalue weighted by molar-refractivity contribution is 7.89. The molecule has 2 fully saturated rings. The van der Waals surface area contributed by atoms with E-state index >= 15 is 0 Å². The van der Waals surface area contributed by atoms with Crippen LogP contribution in [-0.2, 0) is 25.0 Å². The van der Waals surface area contributed by atoms with Gasteiger partial charge in [-0.25, -0.2) is 8.42 Å². The molecule has 2 aliphatic rings. The predicted molar refractivity (Wildman–Crippen MR) is 97.2 cm³/mol. The molecule has 0 amide bonds. The summed E-state index contributed by atoms with van der Waals surface area (Å²) in [5, 5.41) is 0. The number of carbonyl (C=O) groups excluding carboxylic acids is 1. The van der Waals surface area contributed by atoms with Gasteiger partial charge in [-0.2, -0.15) is 4.31 Å². The zero-order chi connectivity index (χ0) is 17.6. The number of hydrogen-bond acceptors (Lipinski definition) is 5. The van der Waals surface area contributed by atoms with Crippen molar-refractivity contribution in [1.29, 1.82) is 0 Å². The number of benzene rings is 1. The van der Waals surface area contributed by atoms with E-state index in [0.717, 1.165) is 24.8 Å². The molecule has 1 unspecified atom stereocenters. The highest BCUT2D eigenvalue weighted by Crippen LogP contribution is 2.49. The lowest BCUT2D eigenvalue weighted by Gasteiger charge is -2.22. The van der Waals surface area contributed by atoms with Gasteiger partial charge in [-0.05, 0) is 48.9 Å². The number of nitrogens with zero attached hydrogens (tertiary/aromatic N) is 1. The quantitative estimate of drug-likeness (QED) is 0.775. The second-order valence-corrected chi connectivity index (χ2v) is 9.14. The van der Waals surface area contributed by atoms with E-state index < -0.39 is 15.4 Å². The largest absolute Gasteiger partial charge is 0.468 e. The Morgan fingerprint density at radius 2 is 1.84 bits per heavy atom. The summed E-state index contributed by atoms with van der Waals surface area (Å²) in [6, 6.07) is 6.64. The van der Waals surface area contributed by atoms with Crippen LogP contribution in [0.5, 0.6) is 0 Å². The molecular formula is C17H25ClN2O4S. The average molecular weight is 389 g/mol. The number of halogens is 1. The SMILES string of the molecule is COC(=O)C1(c2ccc(S(=O)(=O)N3CCC(C)(CN)C3)cc2)CC1.Cl. The second kappa shape index (κ2) is 6.87. The normalized spacial score (nSPS) is 25.2. The molecule has 1 aromatic carbocycles. The lowest BCUT2D eigenvalue weighted by Crippen LogP contribution is -2.34. The van der Waals surface area contributed by atoms with E-state index in [-0.39, 0.29) is 28.7 Å². The van der Waals surface area contributed by atoms with Crippen LogP contribution in [0.25, 0.3) is 0 Å². The Labute approximate surface area is 155 Å². The van der Waals surface area contributed by atoms with Crippen LogP contribution in [0, 0.1) is 5.41 Å². The minimum atomic E-state index is -3.53. The van der Waals surface area contributed by atoms with Crippen molar-refractivity contribution in [2.45, 2.75) is 36.5 Å². The fraction of sp³-hybridized carbons (Fsp3) is 0.588. The molecule has 8 heteroatoms. The van der Waals surface area contributed by atoms with Crippen LogP contribution in [0.15, 0.2) is 29.2 Å². The van der Waals surface area contributed by atoms with Crippen molar-refractivity contribution < 1.29 is 17.9 Å². The molecule has 0 spiro atoms. The first-order valence-corrected chi connectivity index (χ1v) is 9.61. The molecule has 1 saturated carbocycles. The van der Waals surface area contributed by atoms with Gasteiger partial charge in [0, 0.05) is 13.1 Å². The number of carbonyl (C=O) groups is 1. The number of ether oxygens (including phenoxy) is 1. The maximum absolute atomic E-state index is 12.8. The van der Waals surface area contributed by atoms with Crippen LogP contribution >= 0.6 is 12.4 Å². The van der Waals surface area contributed by atoms with Crippen molar-refractivity contribution in [3.8, 4) is 0 Å². The van der Waals surface area contributed by atoms with Gasteiger partial charge in [0.25, 0.3) is 0 Å². The zero-order valence-electron chi connectivity index (χ0n) is 14.5. The number of sulfonamides is 1. The highest BCUT2D eigenvalue weighted by atomic mass is 35.5. The molecular weight excluding hydrogens is 364 g/mol. The van der Waals surface area contributed by atoms with Gasteiger partial charge in [-0.3, -0.25) is 4.79 Å². The molecule has 2 N–H and O–H groups in total. The summed E-state index contributed by atoms with van der Waals surface area (Å²) in [4.78, 5) is 12.2. The fourth-order valence-electron chi connectivity index (χ4n) is 3.38. The van der Waals surface area contributed by atoms with Crippen LogP contribution in [0.2, 0.25) is 0 Å². The van der Waals surface area contributed by atoms with Gasteiger partial charge in [0.1, 0.15) is 0 Å². The van der Waals surface area contributed by atoms with Crippen LogP contribution in [0.1, 0.15) is 31.7 Å². The summed E-state index contributed by atoms with van der Waals surface area (Å²) < 4.78 is 32.0. The first kappa shape index (κ1) is 20.2. The van der Waals surface area contributed by atoms with E-state index in [2.05, 4.69) is 0 Å². The standard InChI is InChI=1S/C17H24N2O4S.ClH/c1-16(11-18)9-10-19(12-16)24(21,22)14-5-3-13(4-6-14)17(7-8-17)15(20)23-2;/h3-6H,7-12,18H2,1-2H3;1H. The highest BCUT2D eigenvalue weighted by Gasteiger charge is 2.52. The zero-order valence-corrected chi connectivity index (χ0v) is 16.2. The monoisotopic (exact) mass is 388 g/mol.